The summed E-state index contributed by atoms with van der Waals surface area (Å²) in [6, 6.07) is 20.0. The molecule has 1 aromatic carbocycles. The minimum atomic E-state index is -1.12. The number of hydrogen-bond acceptors (Lipinski definition) is 6. The molecular weight excluding hydrogens is 486 g/mol. The quantitative estimate of drug-likeness (QED) is 0.386. The number of pyridine rings is 3. The summed E-state index contributed by atoms with van der Waals surface area (Å²) in [7, 11) is 2.12. The van der Waals surface area contributed by atoms with Crippen LogP contribution in [0.1, 0.15) is 43.7 Å². The zero-order valence-electron chi connectivity index (χ0n) is 23.2. The molecule has 5 rings (SSSR count). The first-order valence-corrected chi connectivity index (χ1v) is 13.3. The fourth-order valence-electron chi connectivity index (χ4n) is 4.97. The van der Waals surface area contributed by atoms with E-state index in [1.807, 2.05) is 71.9 Å². The molecule has 1 aliphatic heterocycles. The predicted octanol–water partition coefficient (Wildman–Crippen LogP) is 5.26. The molecule has 200 valence electrons. The Labute approximate surface area is 230 Å². The summed E-state index contributed by atoms with van der Waals surface area (Å²) in [5.74, 6) is 0.0678. The number of nitrogens with zero attached hydrogens (tertiary/aromatic N) is 5. The van der Waals surface area contributed by atoms with Crippen LogP contribution in [-0.4, -0.2) is 68.0 Å². The van der Waals surface area contributed by atoms with Gasteiger partial charge in [-0.3, -0.25) is 19.7 Å². The molecule has 0 saturated carbocycles. The molecule has 3 aromatic heterocycles. The predicted molar refractivity (Wildman–Crippen MR) is 154 cm³/mol. The lowest BCUT2D eigenvalue weighted by Crippen LogP contribution is -2.56. The lowest BCUT2D eigenvalue weighted by Gasteiger charge is -2.42. The Kier molecular flexibility index (Phi) is 7.30. The van der Waals surface area contributed by atoms with E-state index in [4.69, 9.17) is 0 Å². The van der Waals surface area contributed by atoms with Crippen LogP contribution in [0, 0.1) is 0 Å². The zero-order chi connectivity index (χ0) is 27.7. The number of carbonyl (C=O) groups is 1. The van der Waals surface area contributed by atoms with Gasteiger partial charge in [0, 0.05) is 60.5 Å². The highest BCUT2D eigenvalue weighted by molar-refractivity contribution is 5.95. The molecule has 4 heterocycles. The Bertz CT molecular complexity index is 1450. The third-order valence-electron chi connectivity index (χ3n) is 7.56. The number of carbonyl (C=O) groups excluding carboxylic acids is 1. The van der Waals surface area contributed by atoms with Gasteiger partial charge in [-0.25, -0.2) is 4.98 Å². The van der Waals surface area contributed by atoms with Crippen molar-refractivity contribution < 1.29 is 9.90 Å². The Hall–Kier alpha value is -3.94. The topological polar surface area (TPSA) is 82.5 Å². The highest BCUT2D eigenvalue weighted by Crippen LogP contribution is 2.31. The molecule has 2 unspecified atom stereocenters. The van der Waals surface area contributed by atoms with Crippen molar-refractivity contribution in [2.45, 2.75) is 45.4 Å². The van der Waals surface area contributed by atoms with Gasteiger partial charge in [-0.2, -0.15) is 0 Å². The Morgan fingerprint density at radius 1 is 0.872 bits per heavy atom. The van der Waals surface area contributed by atoms with Gasteiger partial charge in [-0.05, 0) is 88.3 Å². The maximum Gasteiger partial charge on any atom is 0.253 e. The standard InChI is InChI=1S/C32H35N5O2/c1-21-19-37(20-22(2)36(21)5)31(38)24-11-9-23(10-12-24)26-14-27(18-33-17-26)25-15-29(28-8-6-7-13-34-28)35-30(16-25)32(3,4)39/h6-18,21-22,39H,19-20H2,1-5H3. The first kappa shape index (κ1) is 26.7. The lowest BCUT2D eigenvalue weighted by atomic mass is 9.97. The van der Waals surface area contributed by atoms with E-state index in [1.54, 1.807) is 20.0 Å². The number of benzene rings is 1. The van der Waals surface area contributed by atoms with Gasteiger partial charge in [-0.1, -0.05) is 18.2 Å². The molecule has 0 spiro atoms. The van der Waals surface area contributed by atoms with E-state index < -0.39 is 5.60 Å². The number of rotatable bonds is 5. The second kappa shape index (κ2) is 10.7. The first-order chi connectivity index (χ1) is 18.6. The number of piperazine rings is 1. The van der Waals surface area contributed by atoms with E-state index in [2.05, 4.69) is 46.8 Å². The smallest absolute Gasteiger partial charge is 0.253 e. The van der Waals surface area contributed by atoms with Crippen molar-refractivity contribution in [2.24, 2.45) is 0 Å². The van der Waals surface area contributed by atoms with Crippen LogP contribution in [0.2, 0.25) is 0 Å². The highest BCUT2D eigenvalue weighted by atomic mass is 16.3. The van der Waals surface area contributed by atoms with Gasteiger partial charge in [0.25, 0.3) is 5.91 Å². The van der Waals surface area contributed by atoms with Gasteiger partial charge in [-0.15, -0.1) is 0 Å². The second-order valence-electron chi connectivity index (χ2n) is 11.0. The van der Waals surface area contributed by atoms with Crippen LogP contribution in [0.15, 0.2) is 79.3 Å². The molecule has 7 heteroatoms. The normalized spacial score (nSPS) is 18.3. The van der Waals surface area contributed by atoms with Gasteiger partial charge in [0.2, 0.25) is 0 Å². The maximum atomic E-state index is 13.2. The van der Waals surface area contributed by atoms with E-state index in [0.717, 1.165) is 41.0 Å². The molecule has 0 radical (unpaired) electrons. The molecule has 1 fully saturated rings. The first-order valence-electron chi connectivity index (χ1n) is 13.3. The number of aliphatic hydroxyl groups is 1. The lowest BCUT2D eigenvalue weighted by molar-refractivity contribution is 0.0414. The average Bonchev–Trinajstić information content (AvgIpc) is 2.95. The SMILES string of the molecule is CC1CN(C(=O)c2ccc(-c3cncc(-c4cc(-c5ccccn5)nc(C(C)(C)O)c4)c3)cc2)CC(C)N1C. The van der Waals surface area contributed by atoms with Crippen molar-refractivity contribution in [3.05, 3.63) is 90.5 Å². The molecule has 0 bridgehead atoms. The fraction of sp³-hybridized carbons (Fsp3) is 0.312. The van der Waals surface area contributed by atoms with Crippen molar-refractivity contribution in [1.29, 1.82) is 0 Å². The van der Waals surface area contributed by atoms with Crippen molar-refractivity contribution in [1.82, 2.24) is 24.8 Å². The van der Waals surface area contributed by atoms with Gasteiger partial charge >= 0.3 is 0 Å². The number of likely N-dealkylation sites (N-methyl/N-ethyl adjacent to an activating group) is 1. The molecule has 1 aliphatic rings. The molecule has 1 N–H and O–H groups in total. The summed E-state index contributed by atoms with van der Waals surface area (Å²) in [6.07, 6.45) is 5.36. The molecule has 4 aromatic rings. The van der Waals surface area contributed by atoms with Crippen LogP contribution in [0.5, 0.6) is 0 Å². The van der Waals surface area contributed by atoms with Crippen molar-refractivity contribution >= 4 is 5.91 Å². The second-order valence-corrected chi connectivity index (χ2v) is 11.0. The van der Waals surface area contributed by atoms with Gasteiger partial charge in [0.05, 0.1) is 17.1 Å². The molecule has 7 nitrogen and oxygen atoms in total. The van der Waals surface area contributed by atoms with E-state index in [9.17, 15) is 9.90 Å². The van der Waals surface area contributed by atoms with Gasteiger partial charge < -0.3 is 10.0 Å². The third kappa shape index (κ3) is 5.75. The number of hydrogen-bond donors (Lipinski definition) is 1. The van der Waals surface area contributed by atoms with Crippen molar-refractivity contribution in [3.63, 3.8) is 0 Å². The third-order valence-corrected chi connectivity index (χ3v) is 7.56. The summed E-state index contributed by atoms with van der Waals surface area (Å²) in [6.45, 7) is 9.22. The van der Waals surface area contributed by atoms with Crippen molar-refractivity contribution in [2.75, 3.05) is 20.1 Å². The summed E-state index contributed by atoms with van der Waals surface area (Å²) in [5.41, 5.74) is 5.26. The molecule has 1 saturated heterocycles. The number of amides is 1. The Balaban J connectivity index is 1.44. The van der Waals surface area contributed by atoms with Crippen LogP contribution in [-0.2, 0) is 5.60 Å². The minimum Gasteiger partial charge on any atom is -0.384 e. The number of aromatic nitrogens is 3. The molecular formula is C32H35N5O2. The summed E-state index contributed by atoms with van der Waals surface area (Å²) < 4.78 is 0. The van der Waals surface area contributed by atoms with Crippen molar-refractivity contribution in [3.8, 4) is 33.6 Å². The molecule has 2 atom stereocenters. The fourth-order valence-corrected chi connectivity index (χ4v) is 4.97. The van der Waals surface area contributed by atoms with Crippen LogP contribution < -0.4 is 0 Å². The zero-order valence-corrected chi connectivity index (χ0v) is 23.2. The summed E-state index contributed by atoms with van der Waals surface area (Å²) in [4.78, 5) is 31.1. The van der Waals surface area contributed by atoms with Crippen LogP contribution >= 0.6 is 0 Å². The van der Waals surface area contributed by atoms with E-state index in [1.165, 1.54) is 0 Å². The molecule has 0 aliphatic carbocycles. The Morgan fingerprint density at radius 3 is 2.15 bits per heavy atom. The summed E-state index contributed by atoms with van der Waals surface area (Å²) >= 11 is 0. The molecule has 39 heavy (non-hydrogen) atoms. The van der Waals surface area contributed by atoms with Gasteiger partial charge in [0.1, 0.15) is 5.60 Å². The van der Waals surface area contributed by atoms with E-state index >= 15 is 0 Å². The largest absolute Gasteiger partial charge is 0.384 e. The van der Waals surface area contributed by atoms with E-state index in [-0.39, 0.29) is 5.91 Å². The average molecular weight is 522 g/mol. The van der Waals surface area contributed by atoms with Gasteiger partial charge in [0.15, 0.2) is 0 Å². The highest BCUT2D eigenvalue weighted by Gasteiger charge is 2.29. The van der Waals surface area contributed by atoms with Crippen LogP contribution in [0.4, 0.5) is 0 Å². The molecule has 1 amide bonds. The monoisotopic (exact) mass is 521 g/mol. The Morgan fingerprint density at radius 2 is 1.54 bits per heavy atom. The van der Waals surface area contributed by atoms with Crippen LogP contribution in [0.3, 0.4) is 0 Å². The maximum absolute atomic E-state index is 13.2. The summed E-state index contributed by atoms with van der Waals surface area (Å²) in [5, 5.41) is 10.7. The van der Waals surface area contributed by atoms with Crippen LogP contribution in [0.25, 0.3) is 33.6 Å². The van der Waals surface area contributed by atoms with E-state index in [0.29, 0.717) is 29.0 Å². The minimum absolute atomic E-state index is 0.0678.